The van der Waals surface area contributed by atoms with E-state index in [0.717, 1.165) is 5.56 Å². The number of carbonyl (C=O) groups excluding carboxylic acids is 1. The highest BCUT2D eigenvalue weighted by molar-refractivity contribution is 7.89. The van der Waals surface area contributed by atoms with Crippen molar-refractivity contribution in [2.45, 2.75) is 38.1 Å². The lowest BCUT2D eigenvalue weighted by molar-refractivity contribution is 0.0730. The number of nitrogens with one attached hydrogen (secondary N) is 1. The number of nitrogens with zero attached hydrogens (tertiary/aromatic N) is 1. The standard InChI is InChI=1S/C23H29FN2O4S/c1-4-17-5-6-19(15-21(17)31(28,29)26-11-13-30-14-12-26)23(27)25-22(16(2)3)18-7-9-20(24)10-8-18/h5-10,15-16,22H,4,11-14H2,1-3H3,(H,25,27). The Bertz CT molecular complexity index is 1020. The Kier molecular flexibility index (Phi) is 7.46. The summed E-state index contributed by atoms with van der Waals surface area (Å²) in [6.45, 7) is 7.11. The van der Waals surface area contributed by atoms with E-state index in [9.17, 15) is 17.6 Å². The second kappa shape index (κ2) is 9.89. The molecule has 2 aromatic rings. The van der Waals surface area contributed by atoms with Crippen LogP contribution in [0.5, 0.6) is 0 Å². The van der Waals surface area contributed by atoms with Crippen molar-refractivity contribution in [3.8, 4) is 0 Å². The van der Waals surface area contributed by atoms with Crippen molar-refractivity contribution in [1.29, 1.82) is 0 Å². The predicted octanol–water partition coefficient (Wildman–Crippen LogP) is 3.54. The van der Waals surface area contributed by atoms with E-state index in [1.54, 1.807) is 24.3 Å². The summed E-state index contributed by atoms with van der Waals surface area (Å²) >= 11 is 0. The average Bonchev–Trinajstić information content (AvgIpc) is 2.78. The van der Waals surface area contributed by atoms with Gasteiger partial charge in [0.05, 0.1) is 24.2 Å². The van der Waals surface area contributed by atoms with E-state index >= 15 is 0 Å². The molecule has 1 amide bonds. The zero-order chi connectivity index (χ0) is 22.6. The smallest absolute Gasteiger partial charge is 0.251 e. The van der Waals surface area contributed by atoms with Crippen molar-refractivity contribution in [3.63, 3.8) is 0 Å². The van der Waals surface area contributed by atoms with Crippen molar-refractivity contribution in [2.24, 2.45) is 5.92 Å². The Balaban J connectivity index is 1.90. The highest BCUT2D eigenvalue weighted by Gasteiger charge is 2.29. The molecule has 2 aromatic carbocycles. The van der Waals surface area contributed by atoms with Crippen LogP contribution in [-0.2, 0) is 21.2 Å². The lowest BCUT2D eigenvalue weighted by atomic mass is 9.95. The number of aryl methyl sites for hydroxylation is 1. The molecule has 1 N–H and O–H groups in total. The van der Waals surface area contributed by atoms with E-state index in [-0.39, 0.29) is 34.1 Å². The van der Waals surface area contributed by atoms with Gasteiger partial charge in [0.2, 0.25) is 10.0 Å². The Morgan fingerprint density at radius 1 is 1.13 bits per heavy atom. The molecule has 0 aliphatic carbocycles. The van der Waals surface area contributed by atoms with E-state index in [0.29, 0.717) is 38.3 Å². The molecule has 0 saturated carbocycles. The SMILES string of the molecule is CCc1ccc(C(=O)NC(c2ccc(F)cc2)C(C)C)cc1S(=O)(=O)N1CCOCC1. The molecule has 1 aliphatic heterocycles. The van der Waals surface area contributed by atoms with Gasteiger partial charge in [-0.3, -0.25) is 4.79 Å². The normalized spacial score (nSPS) is 16.3. The molecule has 1 heterocycles. The van der Waals surface area contributed by atoms with Crippen LogP contribution >= 0.6 is 0 Å². The fourth-order valence-corrected chi connectivity index (χ4v) is 5.41. The third kappa shape index (κ3) is 5.31. The zero-order valence-electron chi connectivity index (χ0n) is 18.1. The van der Waals surface area contributed by atoms with E-state index in [4.69, 9.17) is 4.74 Å². The van der Waals surface area contributed by atoms with Crippen LogP contribution in [0.2, 0.25) is 0 Å². The minimum Gasteiger partial charge on any atom is -0.379 e. The number of benzene rings is 2. The highest BCUT2D eigenvalue weighted by Crippen LogP contribution is 2.26. The van der Waals surface area contributed by atoms with Crippen molar-refractivity contribution in [2.75, 3.05) is 26.3 Å². The Morgan fingerprint density at radius 3 is 2.35 bits per heavy atom. The summed E-state index contributed by atoms with van der Waals surface area (Å²) < 4.78 is 46.4. The zero-order valence-corrected chi connectivity index (χ0v) is 18.9. The molecule has 8 heteroatoms. The van der Waals surface area contributed by atoms with Crippen molar-refractivity contribution < 1.29 is 22.3 Å². The Labute approximate surface area is 183 Å². The summed E-state index contributed by atoms with van der Waals surface area (Å²) in [5, 5.41) is 2.97. The molecule has 1 unspecified atom stereocenters. The van der Waals surface area contributed by atoms with E-state index in [2.05, 4.69) is 5.32 Å². The number of hydrogen-bond donors (Lipinski definition) is 1. The molecule has 1 saturated heterocycles. The summed E-state index contributed by atoms with van der Waals surface area (Å²) in [6.07, 6.45) is 0.533. The van der Waals surface area contributed by atoms with Crippen LogP contribution in [0.4, 0.5) is 4.39 Å². The summed E-state index contributed by atoms with van der Waals surface area (Å²) in [4.78, 5) is 13.2. The molecule has 31 heavy (non-hydrogen) atoms. The van der Waals surface area contributed by atoms with Gasteiger partial charge in [-0.25, -0.2) is 12.8 Å². The largest absolute Gasteiger partial charge is 0.379 e. The Hall–Kier alpha value is -2.29. The molecule has 0 bridgehead atoms. The molecule has 168 valence electrons. The van der Waals surface area contributed by atoms with Gasteiger partial charge in [-0.1, -0.05) is 39.0 Å². The van der Waals surface area contributed by atoms with E-state index in [1.165, 1.54) is 22.5 Å². The summed E-state index contributed by atoms with van der Waals surface area (Å²) in [7, 11) is -3.73. The first-order valence-corrected chi connectivity index (χ1v) is 11.9. The minimum atomic E-state index is -3.73. The minimum absolute atomic E-state index is 0.0564. The van der Waals surface area contributed by atoms with Crippen LogP contribution in [0.3, 0.4) is 0 Å². The summed E-state index contributed by atoms with van der Waals surface area (Å²) in [6, 6.07) is 10.5. The molecule has 0 aromatic heterocycles. The van der Waals surface area contributed by atoms with Gasteiger partial charge in [-0.15, -0.1) is 0 Å². The number of morpholine rings is 1. The lowest BCUT2D eigenvalue weighted by Gasteiger charge is -2.27. The van der Waals surface area contributed by atoms with Crippen LogP contribution in [0.1, 0.15) is 48.3 Å². The Morgan fingerprint density at radius 2 is 1.77 bits per heavy atom. The number of sulfonamides is 1. The maximum absolute atomic E-state index is 13.3. The van der Waals surface area contributed by atoms with Crippen LogP contribution < -0.4 is 5.32 Å². The monoisotopic (exact) mass is 448 g/mol. The first-order valence-electron chi connectivity index (χ1n) is 10.5. The average molecular weight is 449 g/mol. The highest BCUT2D eigenvalue weighted by atomic mass is 32.2. The fourth-order valence-electron chi connectivity index (χ4n) is 3.68. The molecule has 1 atom stereocenters. The summed E-state index contributed by atoms with van der Waals surface area (Å²) in [5.41, 5.74) is 1.73. The van der Waals surface area contributed by atoms with Crippen LogP contribution in [0.15, 0.2) is 47.4 Å². The van der Waals surface area contributed by atoms with Gasteiger partial charge >= 0.3 is 0 Å². The second-order valence-corrected chi connectivity index (χ2v) is 9.85. The molecule has 3 rings (SSSR count). The molecule has 0 spiro atoms. The molecular weight excluding hydrogens is 419 g/mol. The lowest BCUT2D eigenvalue weighted by Crippen LogP contribution is -2.41. The third-order valence-corrected chi connectivity index (χ3v) is 7.46. The number of hydrogen-bond acceptors (Lipinski definition) is 4. The van der Waals surface area contributed by atoms with E-state index in [1.807, 2.05) is 20.8 Å². The van der Waals surface area contributed by atoms with Crippen molar-refractivity contribution in [1.82, 2.24) is 9.62 Å². The summed E-state index contributed by atoms with van der Waals surface area (Å²) in [5.74, 6) is -0.657. The third-order valence-electron chi connectivity index (χ3n) is 5.48. The van der Waals surface area contributed by atoms with Gasteiger partial charge in [0.15, 0.2) is 0 Å². The van der Waals surface area contributed by atoms with Crippen LogP contribution in [-0.4, -0.2) is 44.9 Å². The van der Waals surface area contributed by atoms with Crippen molar-refractivity contribution >= 4 is 15.9 Å². The maximum Gasteiger partial charge on any atom is 0.251 e. The van der Waals surface area contributed by atoms with Gasteiger partial charge in [0.25, 0.3) is 5.91 Å². The topological polar surface area (TPSA) is 75.7 Å². The van der Waals surface area contributed by atoms with Gasteiger partial charge in [0, 0.05) is 18.7 Å². The number of halogens is 1. The fraction of sp³-hybridized carbons (Fsp3) is 0.435. The first-order chi connectivity index (χ1) is 14.7. The van der Waals surface area contributed by atoms with Gasteiger partial charge in [-0.2, -0.15) is 4.31 Å². The molecule has 6 nitrogen and oxygen atoms in total. The molecular formula is C23H29FN2O4S. The second-order valence-electron chi connectivity index (χ2n) is 7.94. The van der Waals surface area contributed by atoms with Crippen molar-refractivity contribution in [3.05, 3.63) is 65.0 Å². The molecule has 1 aliphatic rings. The number of ether oxygens (including phenoxy) is 1. The number of amides is 1. The van der Waals surface area contributed by atoms with Gasteiger partial charge < -0.3 is 10.1 Å². The van der Waals surface area contributed by atoms with Crippen LogP contribution in [0.25, 0.3) is 0 Å². The van der Waals surface area contributed by atoms with Gasteiger partial charge in [0.1, 0.15) is 5.82 Å². The van der Waals surface area contributed by atoms with Gasteiger partial charge in [-0.05, 0) is 47.7 Å². The predicted molar refractivity (Wildman–Crippen MR) is 117 cm³/mol. The number of rotatable bonds is 7. The maximum atomic E-state index is 13.3. The number of carbonyl (C=O) groups is 1. The quantitative estimate of drug-likeness (QED) is 0.703. The van der Waals surface area contributed by atoms with E-state index < -0.39 is 10.0 Å². The van der Waals surface area contributed by atoms with Crippen LogP contribution in [0, 0.1) is 11.7 Å². The molecule has 1 fully saturated rings. The first kappa shape index (κ1) is 23.4. The molecule has 0 radical (unpaired) electrons.